The van der Waals surface area contributed by atoms with Gasteiger partial charge in [-0.15, -0.1) is 0 Å². The van der Waals surface area contributed by atoms with Crippen molar-refractivity contribution in [3.05, 3.63) is 23.3 Å². The molecule has 3 fully saturated rings. The van der Waals surface area contributed by atoms with E-state index in [0.29, 0.717) is 25.0 Å². The highest BCUT2D eigenvalue weighted by molar-refractivity contribution is 5.89. The Morgan fingerprint density at radius 1 is 1.31 bits per heavy atom. The number of carbonyl (C=O) groups is 1. The van der Waals surface area contributed by atoms with Gasteiger partial charge in [-0.25, -0.2) is 0 Å². The number of aliphatic hydroxyl groups is 1. The number of quaternary nitrogens is 1. The minimum atomic E-state index is -0.931. The maximum atomic E-state index is 12.8. The molecule has 5 nitrogen and oxygen atoms in total. The minimum Gasteiger partial charge on any atom is -0.508 e. The lowest BCUT2D eigenvalue weighted by molar-refractivity contribution is -0.950. The summed E-state index contributed by atoms with van der Waals surface area (Å²) in [5.74, 6) is 1.86. The second kappa shape index (κ2) is 4.45. The first-order chi connectivity index (χ1) is 12.4. The van der Waals surface area contributed by atoms with Gasteiger partial charge in [-0.3, -0.25) is 4.79 Å². The zero-order valence-electron chi connectivity index (χ0n) is 15.2. The number of phenolic OH excluding ortho intramolecular Hbond substituents is 1. The summed E-state index contributed by atoms with van der Waals surface area (Å²) in [5.41, 5.74) is 0.247. The molecule has 1 aromatic rings. The lowest BCUT2D eigenvalue weighted by Gasteiger charge is -2.64. The standard InChI is InChI=1S/C21H25NO4/c1-22(11-12-2-3-12)9-8-20-18-13-10-17(22)21(20,25)7-6-15(24)19(20)26-16(18)5-4-14(13)23/h4-5,12,17,19,25H,2-3,6-11H2,1H3/p+1/t17-,19?,20+,21+,22+/m0/s1. The molecular formula is C21H26NO4+. The molecule has 5 atom stereocenters. The molecule has 2 saturated carbocycles. The van der Waals surface area contributed by atoms with Crippen LogP contribution in [0.1, 0.15) is 43.2 Å². The summed E-state index contributed by atoms with van der Waals surface area (Å²) < 4.78 is 7.00. The molecule has 1 unspecified atom stereocenters. The molecule has 0 amide bonds. The van der Waals surface area contributed by atoms with Crippen LogP contribution in [0, 0.1) is 5.92 Å². The van der Waals surface area contributed by atoms with E-state index in [0.717, 1.165) is 41.0 Å². The van der Waals surface area contributed by atoms with Gasteiger partial charge in [0.2, 0.25) is 0 Å². The molecule has 1 aromatic carbocycles. The Morgan fingerprint density at radius 2 is 2.12 bits per heavy atom. The number of ketones is 1. The predicted molar refractivity (Wildman–Crippen MR) is 94.1 cm³/mol. The fourth-order valence-electron chi connectivity index (χ4n) is 6.95. The van der Waals surface area contributed by atoms with Gasteiger partial charge in [0.05, 0.1) is 25.6 Å². The highest BCUT2D eigenvalue weighted by atomic mass is 16.5. The first-order valence-electron chi connectivity index (χ1n) is 10.0. The Balaban J connectivity index is 1.61. The number of hydrogen-bond donors (Lipinski definition) is 2. The number of nitrogens with zero attached hydrogens (tertiary/aromatic N) is 1. The van der Waals surface area contributed by atoms with Crippen LogP contribution in [0.2, 0.25) is 0 Å². The summed E-state index contributed by atoms with van der Waals surface area (Å²) in [4.78, 5) is 12.8. The van der Waals surface area contributed by atoms with E-state index in [-0.39, 0.29) is 17.6 Å². The van der Waals surface area contributed by atoms with Crippen LogP contribution in [0.15, 0.2) is 12.1 Å². The number of likely N-dealkylation sites (N-methyl/N-ethyl adjacent to an activating group) is 1. The molecule has 0 radical (unpaired) electrons. The van der Waals surface area contributed by atoms with Gasteiger partial charge >= 0.3 is 0 Å². The first kappa shape index (κ1) is 15.5. The van der Waals surface area contributed by atoms with Crippen molar-refractivity contribution >= 4 is 5.78 Å². The van der Waals surface area contributed by atoms with Crippen molar-refractivity contribution in [2.45, 2.75) is 61.7 Å². The Kier molecular flexibility index (Phi) is 2.65. The highest BCUT2D eigenvalue weighted by Crippen LogP contribution is 2.65. The van der Waals surface area contributed by atoms with E-state index in [1.54, 1.807) is 12.1 Å². The SMILES string of the molecule is C[N@+]1(CC2CC2)CC[C@]23c4c5ccc(O)c4C[C@H]1[C@]2(O)CCC(=O)C3O5. The molecule has 5 aliphatic rings. The van der Waals surface area contributed by atoms with Gasteiger partial charge in [0.1, 0.15) is 23.1 Å². The van der Waals surface area contributed by atoms with Crippen molar-refractivity contribution in [3.63, 3.8) is 0 Å². The molecule has 2 bridgehead atoms. The van der Waals surface area contributed by atoms with Gasteiger partial charge in [-0.2, -0.15) is 0 Å². The van der Waals surface area contributed by atoms with Crippen molar-refractivity contribution in [2.24, 2.45) is 5.92 Å². The maximum absolute atomic E-state index is 12.8. The van der Waals surface area contributed by atoms with Gasteiger partial charge in [0.15, 0.2) is 11.9 Å². The van der Waals surface area contributed by atoms with E-state index in [4.69, 9.17) is 4.74 Å². The van der Waals surface area contributed by atoms with Gasteiger partial charge in [0, 0.05) is 36.3 Å². The topological polar surface area (TPSA) is 66.8 Å². The summed E-state index contributed by atoms with van der Waals surface area (Å²) in [7, 11) is 2.28. The third kappa shape index (κ3) is 1.55. The number of aromatic hydroxyl groups is 1. The van der Waals surface area contributed by atoms with E-state index in [1.807, 2.05) is 0 Å². The highest BCUT2D eigenvalue weighted by Gasteiger charge is 2.76. The quantitative estimate of drug-likeness (QED) is 0.791. The average molecular weight is 356 g/mol. The number of carbonyl (C=O) groups excluding carboxylic acids is 1. The molecule has 0 aromatic heterocycles. The Morgan fingerprint density at radius 3 is 2.88 bits per heavy atom. The maximum Gasteiger partial charge on any atom is 0.174 e. The van der Waals surface area contributed by atoms with Crippen molar-refractivity contribution < 1.29 is 24.2 Å². The van der Waals surface area contributed by atoms with Crippen LogP contribution in [0.25, 0.3) is 0 Å². The zero-order valence-corrected chi connectivity index (χ0v) is 15.2. The molecule has 1 spiro atoms. The molecule has 2 N–H and O–H groups in total. The summed E-state index contributed by atoms with van der Waals surface area (Å²) in [5, 5.41) is 22.8. The van der Waals surface area contributed by atoms with Crippen molar-refractivity contribution in [1.29, 1.82) is 0 Å². The number of hydrogen-bond acceptors (Lipinski definition) is 4. The fraction of sp³-hybridized carbons (Fsp3) is 0.667. The van der Waals surface area contributed by atoms with Crippen LogP contribution in [0.3, 0.4) is 0 Å². The van der Waals surface area contributed by atoms with Crippen LogP contribution in [0.4, 0.5) is 0 Å². The molecule has 6 rings (SSSR count). The largest absolute Gasteiger partial charge is 0.508 e. The Labute approximate surface area is 153 Å². The van der Waals surface area contributed by atoms with Crippen LogP contribution in [-0.4, -0.2) is 58.4 Å². The number of Topliss-reactive ketones (excluding diaryl/α,β-unsaturated/α-hetero) is 1. The molecular weight excluding hydrogens is 330 g/mol. The van der Waals surface area contributed by atoms with Gasteiger partial charge in [0.25, 0.3) is 0 Å². The van der Waals surface area contributed by atoms with Crippen LogP contribution >= 0.6 is 0 Å². The van der Waals surface area contributed by atoms with E-state index in [2.05, 4.69) is 7.05 Å². The third-order valence-corrected chi connectivity index (χ3v) is 8.30. The molecule has 5 heteroatoms. The van der Waals surface area contributed by atoms with Crippen molar-refractivity contribution in [3.8, 4) is 11.5 Å². The molecule has 2 heterocycles. The van der Waals surface area contributed by atoms with Crippen LogP contribution in [0.5, 0.6) is 11.5 Å². The predicted octanol–water partition coefficient (Wildman–Crippen LogP) is 1.67. The molecule has 26 heavy (non-hydrogen) atoms. The third-order valence-electron chi connectivity index (χ3n) is 8.30. The fourth-order valence-corrected chi connectivity index (χ4v) is 6.95. The van der Waals surface area contributed by atoms with Crippen molar-refractivity contribution in [2.75, 3.05) is 20.1 Å². The Hall–Kier alpha value is -1.59. The molecule has 2 aliphatic heterocycles. The van der Waals surface area contributed by atoms with E-state index in [9.17, 15) is 15.0 Å². The van der Waals surface area contributed by atoms with Gasteiger partial charge in [-0.1, -0.05) is 0 Å². The van der Waals surface area contributed by atoms with E-state index in [1.165, 1.54) is 12.8 Å². The molecule has 3 aliphatic carbocycles. The second-order valence-electron chi connectivity index (χ2n) is 9.60. The Bertz CT molecular complexity index is 849. The number of phenols is 1. The molecule has 138 valence electrons. The number of rotatable bonds is 2. The van der Waals surface area contributed by atoms with Crippen molar-refractivity contribution in [1.82, 2.24) is 0 Å². The smallest absolute Gasteiger partial charge is 0.174 e. The second-order valence-corrected chi connectivity index (χ2v) is 9.60. The zero-order chi connectivity index (χ0) is 17.9. The summed E-state index contributed by atoms with van der Waals surface area (Å²) in [6.07, 6.45) is 4.32. The van der Waals surface area contributed by atoms with E-state index < -0.39 is 17.1 Å². The number of benzene rings is 1. The molecule has 1 saturated heterocycles. The minimum absolute atomic E-state index is 0.0165. The monoisotopic (exact) mass is 356 g/mol. The van der Waals surface area contributed by atoms with E-state index >= 15 is 0 Å². The summed E-state index contributed by atoms with van der Waals surface area (Å²) in [6.45, 7) is 2.06. The lowest BCUT2D eigenvalue weighted by Crippen LogP contribution is -2.80. The lowest BCUT2D eigenvalue weighted by atomic mass is 9.48. The van der Waals surface area contributed by atoms with Crippen LogP contribution in [-0.2, 0) is 16.6 Å². The van der Waals surface area contributed by atoms with Gasteiger partial charge < -0.3 is 19.4 Å². The summed E-state index contributed by atoms with van der Waals surface area (Å²) in [6, 6.07) is 3.49. The summed E-state index contributed by atoms with van der Waals surface area (Å²) >= 11 is 0. The van der Waals surface area contributed by atoms with Gasteiger partial charge in [-0.05, 0) is 31.4 Å². The average Bonchev–Trinajstić information content (AvgIpc) is 3.33. The number of likely N-dealkylation sites (tertiary alicyclic amines) is 1. The number of ether oxygens (including phenoxy) is 1. The number of piperidine rings is 1. The van der Waals surface area contributed by atoms with Crippen LogP contribution < -0.4 is 4.74 Å². The normalized spacial score (nSPS) is 45.2. The first-order valence-corrected chi connectivity index (χ1v) is 10.0.